The fourth-order valence-corrected chi connectivity index (χ4v) is 2.28. The van der Waals surface area contributed by atoms with Gasteiger partial charge < -0.3 is 15.4 Å². The van der Waals surface area contributed by atoms with Crippen molar-refractivity contribution in [3.8, 4) is 0 Å². The molecule has 7 heteroatoms. The number of nitrogens with one attached hydrogen (secondary N) is 2. The molecule has 0 radical (unpaired) electrons. The topological polar surface area (TPSA) is 59.1 Å². The molecule has 1 aromatic heterocycles. The number of rotatable bonds is 6. The lowest BCUT2D eigenvalue weighted by Gasteiger charge is -2.11. The number of fused-ring (bicyclic) bond motifs is 1. The third-order valence-corrected chi connectivity index (χ3v) is 3.45. The highest BCUT2D eigenvalue weighted by Crippen LogP contribution is 2.27. The van der Waals surface area contributed by atoms with Crippen molar-refractivity contribution in [2.75, 3.05) is 30.9 Å². The van der Waals surface area contributed by atoms with E-state index < -0.39 is 11.6 Å². The highest BCUT2D eigenvalue weighted by molar-refractivity contribution is 5.92. The zero-order chi connectivity index (χ0) is 16.9. The minimum absolute atomic E-state index is 0.147. The van der Waals surface area contributed by atoms with Crippen molar-refractivity contribution in [3.63, 3.8) is 0 Å². The van der Waals surface area contributed by atoms with Crippen molar-refractivity contribution in [2.45, 2.75) is 0 Å². The van der Waals surface area contributed by atoms with Gasteiger partial charge in [0.2, 0.25) is 0 Å². The van der Waals surface area contributed by atoms with E-state index in [4.69, 9.17) is 4.74 Å². The van der Waals surface area contributed by atoms with Gasteiger partial charge in [-0.2, -0.15) is 0 Å². The zero-order valence-electron chi connectivity index (χ0n) is 13.0. The van der Waals surface area contributed by atoms with Crippen LogP contribution in [0.4, 0.5) is 26.0 Å². The molecule has 3 rings (SSSR count). The molecule has 0 bridgehead atoms. The molecule has 0 saturated heterocycles. The monoisotopic (exact) mass is 330 g/mol. The van der Waals surface area contributed by atoms with Crippen LogP contribution in [0.25, 0.3) is 10.9 Å². The normalized spacial score (nSPS) is 10.8. The van der Waals surface area contributed by atoms with E-state index in [0.29, 0.717) is 24.5 Å². The van der Waals surface area contributed by atoms with Crippen LogP contribution in [0.1, 0.15) is 0 Å². The Kier molecular flexibility index (Phi) is 4.81. The predicted octanol–water partition coefficient (Wildman–Crippen LogP) is 3.71. The van der Waals surface area contributed by atoms with E-state index in [2.05, 4.69) is 20.6 Å². The maximum Gasteiger partial charge on any atom is 0.149 e. The molecule has 24 heavy (non-hydrogen) atoms. The maximum absolute atomic E-state index is 13.8. The van der Waals surface area contributed by atoms with Gasteiger partial charge in [0.15, 0.2) is 0 Å². The van der Waals surface area contributed by atoms with Gasteiger partial charge in [-0.3, -0.25) is 0 Å². The average molecular weight is 330 g/mol. The number of hydrogen-bond donors (Lipinski definition) is 2. The molecule has 0 saturated carbocycles. The lowest BCUT2D eigenvalue weighted by Crippen LogP contribution is -2.07. The summed E-state index contributed by atoms with van der Waals surface area (Å²) in [5.74, 6) is -0.868. The van der Waals surface area contributed by atoms with E-state index in [0.717, 1.165) is 17.1 Å². The molecule has 0 aliphatic carbocycles. The predicted molar refractivity (Wildman–Crippen MR) is 89.5 cm³/mol. The summed E-state index contributed by atoms with van der Waals surface area (Å²) < 4.78 is 31.9. The van der Waals surface area contributed by atoms with Crippen LogP contribution >= 0.6 is 0 Å². The Balaban J connectivity index is 1.93. The van der Waals surface area contributed by atoms with E-state index in [1.165, 1.54) is 18.5 Å². The van der Waals surface area contributed by atoms with Crippen molar-refractivity contribution in [1.29, 1.82) is 0 Å². The second kappa shape index (κ2) is 7.18. The van der Waals surface area contributed by atoms with Crippen molar-refractivity contribution in [3.05, 3.63) is 54.4 Å². The summed E-state index contributed by atoms with van der Waals surface area (Å²) in [5.41, 5.74) is 1.73. The van der Waals surface area contributed by atoms with Crippen LogP contribution in [0.5, 0.6) is 0 Å². The number of anilines is 3. The molecule has 124 valence electrons. The number of benzene rings is 2. The second-order valence-electron chi connectivity index (χ2n) is 5.12. The molecule has 0 atom stereocenters. The first kappa shape index (κ1) is 16.1. The SMILES string of the molecule is COCCNc1ccc2ncnc(Nc3ccc(F)cc3F)c2c1. The molecule has 0 aliphatic heterocycles. The summed E-state index contributed by atoms with van der Waals surface area (Å²) in [7, 11) is 1.63. The number of methoxy groups -OCH3 is 1. The van der Waals surface area contributed by atoms with E-state index in [-0.39, 0.29) is 5.69 Å². The van der Waals surface area contributed by atoms with Gasteiger partial charge in [0.1, 0.15) is 23.8 Å². The number of hydrogen-bond acceptors (Lipinski definition) is 5. The Labute approximate surface area is 137 Å². The van der Waals surface area contributed by atoms with Gasteiger partial charge in [0, 0.05) is 30.8 Å². The van der Waals surface area contributed by atoms with E-state index >= 15 is 0 Å². The third kappa shape index (κ3) is 3.57. The summed E-state index contributed by atoms with van der Waals surface area (Å²) in [6.07, 6.45) is 1.39. The Hall–Kier alpha value is -2.80. The zero-order valence-corrected chi connectivity index (χ0v) is 13.0. The summed E-state index contributed by atoms with van der Waals surface area (Å²) in [5, 5.41) is 6.83. The third-order valence-electron chi connectivity index (χ3n) is 3.45. The second-order valence-corrected chi connectivity index (χ2v) is 5.12. The molecule has 1 heterocycles. The molecule has 0 aliphatic rings. The van der Waals surface area contributed by atoms with Crippen molar-refractivity contribution < 1.29 is 13.5 Å². The fraction of sp³-hybridized carbons (Fsp3) is 0.176. The highest BCUT2D eigenvalue weighted by atomic mass is 19.1. The van der Waals surface area contributed by atoms with Crippen LogP contribution in [-0.2, 0) is 4.74 Å². The standard InChI is InChI=1S/C17H16F2N4O/c1-24-7-6-20-12-3-5-15-13(9-12)17(22-10-21-15)23-16-4-2-11(18)8-14(16)19/h2-5,8-10,20H,6-7H2,1H3,(H,21,22,23). The summed E-state index contributed by atoms with van der Waals surface area (Å²) in [6.45, 7) is 1.24. The van der Waals surface area contributed by atoms with Gasteiger partial charge in [0.25, 0.3) is 0 Å². The highest BCUT2D eigenvalue weighted by Gasteiger charge is 2.09. The quantitative estimate of drug-likeness (QED) is 0.675. The minimum atomic E-state index is -0.684. The van der Waals surface area contributed by atoms with Gasteiger partial charge in [-0.1, -0.05) is 0 Å². The number of nitrogens with zero attached hydrogens (tertiary/aromatic N) is 2. The lowest BCUT2D eigenvalue weighted by molar-refractivity contribution is 0.211. The van der Waals surface area contributed by atoms with Crippen molar-refractivity contribution >= 4 is 28.1 Å². The molecule has 3 aromatic rings. The molecule has 0 unspecified atom stereocenters. The van der Waals surface area contributed by atoms with Crippen LogP contribution in [0.15, 0.2) is 42.7 Å². The average Bonchev–Trinajstić information content (AvgIpc) is 2.58. The fourth-order valence-electron chi connectivity index (χ4n) is 2.28. The Bertz CT molecular complexity index is 857. The van der Waals surface area contributed by atoms with Gasteiger partial charge in [-0.05, 0) is 30.3 Å². The van der Waals surface area contributed by atoms with Crippen LogP contribution < -0.4 is 10.6 Å². The first-order chi connectivity index (χ1) is 11.7. The molecule has 0 amide bonds. The Morgan fingerprint density at radius 2 is 1.96 bits per heavy atom. The maximum atomic E-state index is 13.8. The smallest absolute Gasteiger partial charge is 0.149 e. The van der Waals surface area contributed by atoms with Gasteiger partial charge in [-0.15, -0.1) is 0 Å². The molecule has 5 nitrogen and oxygen atoms in total. The molecule has 0 fully saturated rings. The molecular formula is C17H16F2N4O. The molecule has 2 N–H and O–H groups in total. The van der Waals surface area contributed by atoms with E-state index in [9.17, 15) is 8.78 Å². The van der Waals surface area contributed by atoms with E-state index in [1.807, 2.05) is 18.2 Å². The van der Waals surface area contributed by atoms with Crippen molar-refractivity contribution in [1.82, 2.24) is 9.97 Å². The summed E-state index contributed by atoms with van der Waals surface area (Å²) >= 11 is 0. The van der Waals surface area contributed by atoms with Crippen LogP contribution in [0.2, 0.25) is 0 Å². The Morgan fingerprint density at radius 1 is 1.08 bits per heavy atom. The van der Waals surface area contributed by atoms with Gasteiger partial charge >= 0.3 is 0 Å². The molecule has 0 spiro atoms. The van der Waals surface area contributed by atoms with Crippen LogP contribution in [-0.4, -0.2) is 30.2 Å². The van der Waals surface area contributed by atoms with Crippen LogP contribution in [0, 0.1) is 11.6 Å². The summed E-state index contributed by atoms with van der Waals surface area (Å²) in [6, 6.07) is 8.95. The largest absolute Gasteiger partial charge is 0.383 e. The number of ether oxygens (including phenoxy) is 1. The molecular weight excluding hydrogens is 314 g/mol. The van der Waals surface area contributed by atoms with Crippen molar-refractivity contribution in [2.24, 2.45) is 0 Å². The number of aromatic nitrogens is 2. The first-order valence-corrected chi connectivity index (χ1v) is 7.37. The lowest BCUT2D eigenvalue weighted by atomic mass is 10.2. The van der Waals surface area contributed by atoms with E-state index in [1.54, 1.807) is 7.11 Å². The minimum Gasteiger partial charge on any atom is -0.383 e. The Morgan fingerprint density at radius 3 is 2.75 bits per heavy atom. The number of halogens is 2. The van der Waals surface area contributed by atoms with Gasteiger partial charge in [0.05, 0.1) is 17.8 Å². The molecule has 2 aromatic carbocycles. The van der Waals surface area contributed by atoms with Gasteiger partial charge in [-0.25, -0.2) is 18.7 Å². The first-order valence-electron chi connectivity index (χ1n) is 7.37. The van der Waals surface area contributed by atoms with Crippen LogP contribution in [0.3, 0.4) is 0 Å². The summed E-state index contributed by atoms with van der Waals surface area (Å²) in [4.78, 5) is 8.37.